The second-order valence-electron chi connectivity index (χ2n) is 4.76. The molecule has 17 N–H and O–H groups in total. The summed E-state index contributed by atoms with van der Waals surface area (Å²) in [6.45, 7) is 4.74. The molecule has 0 aliphatic carbocycles. The first-order valence-electron chi connectivity index (χ1n) is 9.70. The highest BCUT2D eigenvalue weighted by Gasteiger charge is 1.80. The number of nitrogens with two attached hydrogens (primary N) is 3. The van der Waals surface area contributed by atoms with Gasteiger partial charge in [-0.2, -0.15) is 0 Å². The van der Waals surface area contributed by atoms with E-state index in [4.69, 9.17) is 70.7 Å². The number of hydrogen-bond acceptors (Lipinski definition) is 14. The highest BCUT2D eigenvalue weighted by molar-refractivity contribution is 8.93. The lowest BCUT2D eigenvalue weighted by molar-refractivity contribution is 0.312. The Morgan fingerprint density at radius 2 is 0.973 bits per heavy atom. The molecule has 0 unspecified atom stereocenters. The van der Waals surface area contributed by atoms with Crippen LogP contribution >= 0.6 is 17.0 Å². The van der Waals surface area contributed by atoms with Crippen molar-refractivity contribution in [2.24, 2.45) is 28.0 Å². The molecule has 0 bridgehead atoms. The molecule has 0 aromatic heterocycles. The number of hydrogen-bond donors (Lipinski definition) is 12. The van der Waals surface area contributed by atoms with Crippen LogP contribution in [-0.4, -0.2) is 58.2 Å². The molecule has 0 aromatic carbocycles. The van der Waals surface area contributed by atoms with E-state index in [1.165, 1.54) is 36.4 Å². The van der Waals surface area contributed by atoms with Crippen molar-refractivity contribution in [1.82, 2.24) is 22.2 Å². The molecular weight excluding hydrogens is 564 g/mol. The standard InChI is InChI=1S/2C5H14N2.2C2H7N.BrH.3HN3.2HNO2.H3N/c1-2-3-4-5-7-6;6-4-2-1-3-5-7;2*1-3-2;;3*1-3-2;2*2-1-3;/h7H,2-6H2,1H3;1-7H2;2*3H,1-2H3;1H;3*1H;2*(H,2,3);1H3. The third-order valence-corrected chi connectivity index (χ3v) is 1.83. The molecule has 0 spiro atoms. The van der Waals surface area contributed by atoms with Crippen LogP contribution in [0.2, 0.25) is 0 Å². The van der Waals surface area contributed by atoms with Gasteiger partial charge in [-0.1, -0.05) is 26.2 Å². The first kappa shape index (κ1) is 70.0. The smallest absolute Gasteiger partial charge is 0.152 e. The SMILES string of the molecule is Br.CCCCCNN.CNC.CNC.N.NCCCCCN.O=NO.O=NO.[N-]=[N+]=N.[N-]=[N+]=N.[N-]=[N+]=N. The molecule has 228 valence electrons. The summed E-state index contributed by atoms with van der Waals surface area (Å²) in [7, 11) is 7.50. The molecule has 0 saturated carbocycles. The van der Waals surface area contributed by atoms with Crippen LogP contribution in [0.5, 0.6) is 0 Å². The van der Waals surface area contributed by atoms with Crippen molar-refractivity contribution in [2.75, 3.05) is 47.8 Å². The van der Waals surface area contributed by atoms with E-state index in [0.717, 1.165) is 32.5 Å². The number of unbranched alkanes of at least 4 members (excludes halogenated alkanes) is 4. The molecule has 0 fully saturated rings. The Bertz CT molecular complexity index is 340. The van der Waals surface area contributed by atoms with Gasteiger partial charge in [-0.3, -0.25) is 11.3 Å². The van der Waals surface area contributed by atoms with Gasteiger partial charge in [0.2, 0.25) is 0 Å². The molecule has 0 saturated heterocycles. The van der Waals surface area contributed by atoms with E-state index in [2.05, 4.69) is 23.0 Å². The maximum Gasteiger partial charge on any atom is 0.152 e. The fraction of sp³-hybridized carbons (Fsp3) is 1.00. The normalized spacial score (nSPS) is 5.84. The molecular formula is C14H51BrN18O4. The summed E-state index contributed by atoms with van der Waals surface area (Å²) < 4.78 is 0. The van der Waals surface area contributed by atoms with Gasteiger partial charge in [0, 0.05) is 6.54 Å². The topological polar surface area (TPSA) is 429 Å². The maximum atomic E-state index is 8.11. The Labute approximate surface area is 228 Å². The minimum atomic E-state index is 0. The van der Waals surface area contributed by atoms with E-state index in [-0.39, 0.29) is 23.1 Å². The van der Waals surface area contributed by atoms with Gasteiger partial charge in [-0.15, -0.1) is 43.4 Å². The second-order valence-corrected chi connectivity index (χ2v) is 4.76. The molecule has 0 aliphatic rings. The van der Waals surface area contributed by atoms with E-state index >= 15 is 0 Å². The molecule has 23 heteroatoms. The van der Waals surface area contributed by atoms with E-state index < -0.39 is 0 Å². The van der Waals surface area contributed by atoms with E-state index in [1.807, 2.05) is 28.2 Å². The first-order valence-corrected chi connectivity index (χ1v) is 9.70. The van der Waals surface area contributed by atoms with Crippen molar-refractivity contribution < 1.29 is 10.4 Å². The van der Waals surface area contributed by atoms with Crippen LogP contribution < -0.4 is 39.5 Å². The highest BCUT2D eigenvalue weighted by atomic mass is 79.9. The summed E-state index contributed by atoms with van der Waals surface area (Å²) in [5.74, 6) is 5.02. The summed E-state index contributed by atoms with van der Waals surface area (Å²) in [4.78, 5) is 21.5. The van der Waals surface area contributed by atoms with Gasteiger partial charge in [-0.25, -0.2) is 0 Å². The summed E-state index contributed by atoms with van der Waals surface area (Å²) in [6.07, 6.45) is 7.18. The second kappa shape index (κ2) is 173. The molecule has 0 heterocycles. The van der Waals surface area contributed by atoms with Gasteiger partial charge in [-0.05, 0) is 91.9 Å². The fourth-order valence-electron chi connectivity index (χ4n) is 0.943. The van der Waals surface area contributed by atoms with Crippen LogP contribution in [0.3, 0.4) is 0 Å². The monoisotopic (exact) mass is 614 g/mol. The van der Waals surface area contributed by atoms with Crippen LogP contribution in [0, 0.1) is 26.4 Å². The quantitative estimate of drug-likeness (QED) is 0.0351. The zero-order valence-corrected chi connectivity index (χ0v) is 24.2. The summed E-state index contributed by atoms with van der Waals surface area (Å²) in [5, 5.41) is 21.3. The number of nitrogens with one attached hydrogen (secondary N) is 6. The van der Waals surface area contributed by atoms with Crippen molar-refractivity contribution in [2.45, 2.75) is 45.4 Å². The van der Waals surface area contributed by atoms with Crippen molar-refractivity contribution in [3.63, 3.8) is 0 Å². The van der Waals surface area contributed by atoms with Crippen molar-refractivity contribution >= 4 is 17.0 Å². The van der Waals surface area contributed by atoms with Crippen molar-refractivity contribution in [1.29, 1.82) is 16.6 Å². The molecule has 0 aromatic rings. The lowest BCUT2D eigenvalue weighted by Gasteiger charge is -1.93. The van der Waals surface area contributed by atoms with Crippen LogP contribution in [-0.2, 0) is 0 Å². The van der Waals surface area contributed by atoms with E-state index in [1.54, 1.807) is 14.7 Å². The number of hydrazine groups is 1. The average Bonchev–Trinajstić information content (AvgIpc) is 2.79. The van der Waals surface area contributed by atoms with Gasteiger partial charge in [0.05, 0.1) is 0 Å². The Hall–Kier alpha value is -3.07. The number of nitrogens with zero attached hydrogens (tertiary/aromatic N) is 8. The minimum absolute atomic E-state index is 0. The average molecular weight is 616 g/mol. The van der Waals surface area contributed by atoms with Crippen LogP contribution in [0.25, 0.3) is 31.3 Å². The Morgan fingerprint density at radius 1 is 0.757 bits per heavy atom. The molecule has 37 heavy (non-hydrogen) atoms. The van der Waals surface area contributed by atoms with Gasteiger partial charge in [0.15, 0.2) is 10.7 Å². The predicted octanol–water partition coefficient (Wildman–Crippen LogP) is 4.04. The van der Waals surface area contributed by atoms with Crippen molar-refractivity contribution in [3.05, 3.63) is 41.1 Å². The molecule has 0 rings (SSSR count). The summed E-state index contributed by atoms with van der Waals surface area (Å²) >= 11 is 0. The zero-order chi connectivity index (χ0) is 30.0. The Kier molecular flexibility index (Phi) is 327. The summed E-state index contributed by atoms with van der Waals surface area (Å²) in [5.41, 5.74) is 49.8. The lowest BCUT2D eigenvalue weighted by Crippen LogP contribution is -2.22. The lowest BCUT2D eigenvalue weighted by atomic mass is 10.2. The Balaban J connectivity index is -0.0000000235. The minimum Gasteiger partial charge on any atom is -0.379 e. The molecule has 0 aliphatic heterocycles. The molecule has 0 amide bonds. The number of halogens is 1. The van der Waals surface area contributed by atoms with Crippen LogP contribution in [0.4, 0.5) is 0 Å². The number of rotatable bonds is 8. The summed E-state index contributed by atoms with van der Waals surface area (Å²) in [6, 6.07) is 0. The molecule has 0 atom stereocenters. The van der Waals surface area contributed by atoms with Crippen LogP contribution in [0.1, 0.15) is 45.4 Å². The maximum absolute atomic E-state index is 8.11. The third-order valence-electron chi connectivity index (χ3n) is 1.83. The van der Waals surface area contributed by atoms with E-state index in [9.17, 15) is 0 Å². The Morgan fingerprint density at radius 3 is 1.11 bits per heavy atom. The zero-order valence-electron chi connectivity index (χ0n) is 22.5. The van der Waals surface area contributed by atoms with Gasteiger partial charge < -0.3 is 38.7 Å². The fourth-order valence-corrected chi connectivity index (χ4v) is 0.943. The van der Waals surface area contributed by atoms with Gasteiger partial charge in [0.1, 0.15) is 0 Å². The van der Waals surface area contributed by atoms with E-state index in [0.29, 0.717) is 0 Å². The molecule has 0 radical (unpaired) electrons. The third kappa shape index (κ3) is 1300. The highest BCUT2D eigenvalue weighted by Crippen LogP contribution is 1.89. The van der Waals surface area contributed by atoms with Crippen LogP contribution in [0.15, 0.2) is 10.7 Å². The largest absolute Gasteiger partial charge is 0.379 e. The predicted molar refractivity (Wildman–Crippen MR) is 152 cm³/mol. The first-order chi connectivity index (χ1) is 16.7. The van der Waals surface area contributed by atoms with Gasteiger partial charge >= 0.3 is 0 Å². The van der Waals surface area contributed by atoms with Gasteiger partial charge in [0.25, 0.3) is 0 Å². The van der Waals surface area contributed by atoms with Crippen molar-refractivity contribution in [3.8, 4) is 0 Å². The molecule has 22 nitrogen and oxygen atoms in total.